The number of rotatable bonds is 6. The van der Waals surface area contributed by atoms with Gasteiger partial charge in [0.15, 0.2) is 6.61 Å². The summed E-state index contributed by atoms with van der Waals surface area (Å²) in [6.45, 7) is 1.34. The van der Waals surface area contributed by atoms with Gasteiger partial charge in [-0.05, 0) is 37.1 Å². The molecular formula is C24H27N3O5. The van der Waals surface area contributed by atoms with Crippen molar-refractivity contribution in [3.05, 3.63) is 48.5 Å². The fourth-order valence-corrected chi connectivity index (χ4v) is 4.14. The number of methoxy groups -OCH3 is 1. The van der Waals surface area contributed by atoms with Crippen LogP contribution in [0.15, 0.2) is 48.5 Å². The van der Waals surface area contributed by atoms with Crippen LogP contribution in [0.2, 0.25) is 0 Å². The van der Waals surface area contributed by atoms with E-state index in [4.69, 9.17) is 9.47 Å². The third kappa shape index (κ3) is 4.69. The van der Waals surface area contributed by atoms with Crippen molar-refractivity contribution in [3.8, 4) is 11.5 Å². The average Bonchev–Trinajstić information content (AvgIpc) is 2.83. The molecule has 0 saturated carbocycles. The fourth-order valence-electron chi connectivity index (χ4n) is 4.14. The molecule has 0 radical (unpaired) electrons. The Bertz CT molecular complexity index is 1000. The average molecular weight is 437 g/mol. The van der Waals surface area contributed by atoms with Crippen LogP contribution >= 0.6 is 0 Å². The first-order valence-electron chi connectivity index (χ1n) is 10.8. The van der Waals surface area contributed by atoms with Crippen molar-refractivity contribution in [2.45, 2.75) is 19.3 Å². The summed E-state index contributed by atoms with van der Waals surface area (Å²) in [5.41, 5.74) is 1.34. The second-order valence-electron chi connectivity index (χ2n) is 7.90. The van der Waals surface area contributed by atoms with Crippen LogP contribution in [-0.4, -0.2) is 56.0 Å². The highest BCUT2D eigenvalue weighted by Crippen LogP contribution is 2.31. The number of nitrogens with one attached hydrogen (secondary N) is 1. The third-order valence-corrected chi connectivity index (χ3v) is 5.94. The van der Waals surface area contributed by atoms with E-state index in [1.807, 2.05) is 36.4 Å². The van der Waals surface area contributed by atoms with Gasteiger partial charge >= 0.3 is 0 Å². The molecular weight excluding hydrogens is 410 g/mol. The highest BCUT2D eigenvalue weighted by Gasteiger charge is 2.29. The van der Waals surface area contributed by atoms with E-state index in [1.54, 1.807) is 29.0 Å². The molecule has 2 aliphatic heterocycles. The third-order valence-electron chi connectivity index (χ3n) is 5.94. The number of amides is 3. The van der Waals surface area contributed by atoms with Crippen molar-refractivity contribution in [1.82, 2.24) is 4.90 Å². The maximum absolute atomic E-state index is 12.8. The van der Waals surface area contributed by atoms with Crippen LogP contribution < -0.4 is 19.7 Å². The Kier molecular flexibility index (Phi) is 6.58. The normalized spacial score (nSPS) is 16.2. The summed E-state index contributed by atoms with van der Waals surface area (Å²) >= 11 is 0. The summed E-state index contributed by atoms with van der Waals surface area (Å²) < 4.78 is 10.7. The van der Waals surface area contributed by atoms with Gasteiger partial charge in [0.05, 0.1) is 18.5 Å². The summed E-state index contributed by atoms with van der Waals surface area (Å²) in [4.78, 5) is 41.1. The van der Waals surface area contributed by atoms with E-state index >= 15 is 0 Å². The minimum atomic E-state index is -0.156. The van der Waals surface area contributed by atoms with E-state index in [0.29, 0.717) is 55.3 Å². The van der Waals surface area contributed by atoms with Crippen molar-refractivity contribution < 1.29 is 23.9 Å². The molecule has 0 spiro atoms. The molecule has 2 aromatic carbocycles. The van der Waals surface area contributed by atoms with Crippen molar-refractivity contribution in [3.63, 3.8) is 0 Å². The number of carbonyl (C=O) groups excluding carboxylic acids is 3. The number of anilines is 2. The monoisotopic (exact) mass is 437 g/mol. The number of hydrogen-bond donors (Lipinski definition) is 1. The van der Waals surface area contributed by atoms with Gasteiger partial charge in [-0.1, -0.05) is 24.3 Å². The lowest BCUT2D eigenvalue weighted by Crippen LogP contribution is -2.44. The van der Waals surface area contributed by atoms with Crippen LogP contribution in [0.5, 0.6) is 11.5 Å². The number of carbonyl (C=O) groups is 3. The first kappa shape index (κ1) is 21.7. The van der Waals surface area contributed by atoms with Crippen LogP contribution in [0.3, 0.4) is 0 Å². The van der Waals surface area contributed by atoms with Crippen molar-refractivity contribution in [1.29, 1.82) is 0 Å². The number of likely N-dealkylation sites (tertiary alicyclic amines) is 1. The first-order chi connectivity index (χ1) is 15.6. The lowest BCUT2D eigenvalue weighted by molar-refractivity contribution is -0.134. The molecule has 8 heteroatoms. The molecule has 2 aromatic rings. The molecule has 2 heterocycles. The summed E-state index contributed by atoms with van der Waals surface area (Å²) in [7, 11) is 1.57. The van der Waals surface area contributed by atoms with E-state index in [0.717, 1.165) is 0 Å². The Labute approximate surface area is 187 Å². The maximum Gasteiger partial charge on any atom is 0.265 e. The van der Waals surface area contributed by atoms with Crippen molar-refractivity contribution in [2.75, 3.05) is 43.6 Å². The summed E-state index contributed by atoms with van der Waals surface area (Å²) in [6, 6.07) is 14.6. The Balaban J connectivity index is 1.28. The molecule has 0 aromatic heterocycles. The fraction of sp³-hybridized carbons (Fsp3) is 0.375. The molecule has 0 atom stereocenters. The van der Waals surface area contributed by atoms with Crippen LogP contribution in [0.25, 0.3) is 0 Å². The Morgan fingerprint density at radius 1 is 1.09 bits per heavy atom. The molecule has 1 N–H and O–H groups in total. The lowest BCUT2D eigenvalue weighted by atomic mass is 9.95. The number of hydrogen-bond acceptors (Lipinski definition) is 5. The molecule has 168 valence electrons. The largest absolute Gasteiger partial charge is 0.495 e. The highest BCUT2D eigenvalue weighted by atomic mass is 16.5. The maximum atomic E-state index is 12.8. The van der Waals surface area contributed by atoms with Gasteiger partial charge in [0.1, 0.15) is 11.5 Å². The second kappa shape index (κ2) is 9.72. The zero-order valence-electron chi connectivity index (χ0n) is 18.1. The predicted molar refractivity (Wildman–Crippen MR) is 120 cm³/mol. The van der Waals surface area contributed by atoms with E-state index in [1.165, 1.54) is 0 Å². The van der Waals surface area contributed by atoms with Gasteiger partial charge < -0.3 is 24.6 Å². The van der Waals surface area contributed by atoms with Crippen LogP contribution in [-0.2, 0) is 14.4 Å². The van der Waals surface area contributed by atoms with Gasteiger partial charge in [0.25, 0.3) is 5.91 Å². The molecule has 0 bridgehead atoms. The number of ether oxygens (including phenoxy) is 2. The second-order valence-corrected chi connectivity index (χ2v) is 7.90. The first-order valence-corrected chi connectivity index (χ1v) is 10.8. The number of nitrogens with zero attached hydrogens (tertiary/aromatic N) is 2. The molecule has 1 fully saturated rings. The number of benzene rings is 2. The zero-order valence-corrected chi connectivity index (χ0v) is 18.1. The van der Waals surface area contributed by atoms with Gasteiger partial charge in [-0.3, -0.25) is 14.4 Å². The van der Waals surface area contributed by atoms with Gasteiger partial charge in [-0.15, -0.1) is 0 Å². The molecule has 1 saturated heterocycles. The van der Waals surface area contributed by atoms with Gasteiger partial charge in [-0.25, -0.2) is 0 Å². The lowest BCUT2D eigenvalue weighted by Gasteiger charge is -2.33. The van der Waals surface area contributed by atoms with E-state index in [2.05, 4.69) is 5.32 Å². The topological polar surface area (TPSA) is 88.2 Å². The van der Waals surface area contributed by atoms with Gasteiger partial charge in [-0.2, -0.15) is 0 Å². The van der Waals surface area contributed by atoms with Crippen molar-refractivity contribution >= 4 is 29.1 Å². The van der Waals surface area contributed by atoms with Gasteiger partial charge in [0, 0.05) is 32.0 Å². The molecule has 32 heavy (non-hydrogen) atoms. The predicted octanol–water partition coefficient (Wildman–Crippen LogP) is 2.69. The molecule has 3 amide bonds. The van der Waals surface area contributed by atoms with E-state index in [-0.39, 0.29) is 36.7 Å². The standard InChI is InChI=1S/C24H27N3O5/c1-31-20-8-4-2-6-18(20)25-24(30)17-10-13-26(14-11-17)22(28)12-15-27-19-7-3-5-9-21(19)32-16-23(27)29/h2-9,17H,10-16H2,1H3,(H,25,30). The zero-order chi connectivity index (χ0) is 22.5. The Hall–Kier alpha value is -3.55. The smallest absolute Gasteiger partial charge is 0.265 e. The van der Waals surface area contributed by atoms with Gasteiger partial charge in [0.2, 0.25) is 11.8 Å². The molecule has 0 aliphatic carbocycles. The number of para-hydroxylation sites is 4. The highest BCUT2D eigenvalue weighted by molar-refractivity contribution is 5.98. The van der Waals surface area contributed by atoms with Crippen molar-refractivity contribution in [2.24, 2.45) is 5.92 Å². The van der Waals surface area contributed by atoms with Crippen LogP contribution in [0, 0.1) is 5.92 Å². The van der Waals surface area contributed by atoms with Crippen LogP contribution in [0.1, 0.15) is 19.3 Å². The molecule has 0 unspecified atom stereocenters. The summed E-state index contributed by atoms with van der Waals surface area (Å²) in [5.74, 6) is 0.900. The Morgan fingerprint density at radius 3 is 2.59 bits per heavy atom. The molecule has 4 rings (SSSR count). The number of piperidine rings is 1. The minimum Gasteiger partial charge on any atom is -0.495 e. The quantitative estimate of drug-likeness (QED) is 0.751. The molecule has 8 nitrogen and oxygen atoms in total. The summed E-state index contributed by atoms with van der Waals surface area (Å²) in [5, 5.41) is 2.93. The Morgan fingerprint density at radius 2 is 1.81 bits per heavy atom. The summed E-state index contributed by atoms with van der Waals surface area (Å²) in [6.07, 6.45) is 1.44. The number of fused-ring (bicyclic) bond motifs is 1. The van der Waals surface area contributed by atoms with E-state index in [9.17, 15) is 14.4 Å². The molecule has 2 aliphatic rings. The minimum absolute atomic E-state index is 0.00893. The van der Waals surface area contributed by atoms with E-state index < -0.39 is 0 Å². The SMILES string of the molecule is COc1ccccc1NC(=O)C1CCN(C(=O)CCN2C(=O)COc3ccccc32)CC1. The van der Waals surface area contributed by atoms with Crippen LogP contribution in [0.4, 0.5) is 11.4 Å².